The number of hydrogen-bond donors (Lipinski definition) is 2. The summed E-state index contributed by atoms with van der Waals surface area (Å²) in [5.41, 5.74) is 1.48. The van der Waals surface area contributed by atoms with Crippen LogP contribution in [0.25, 0.3) is 0 Å². The van der Waals surface area contributed by atoms with Crippen LogP contribution in [0.15, 0.2) is 24.5 Å². The number of carboxylic acids is 1. The van der Waals surface area contributed by atoms with Gasteiger partial charge in [0, 0.05) is 24.2 Å². The van der Waals surface area contributed by atoms with Gasteiger partial charge in [-0.25, -0.2) is 9.78 Å². The minimum absolute atomic E-state index is 0.294. The van der Waals surface area contributed by atoms with Crippen LogP contribution in [0.3, 0.4) is 0 Å². The number of nitrogens with zero attached hydrogens (tertiary/aromatic N) is 2. The van der Waals surface area contributed by atoms with Crippen LogP contribution in [0, 0.1) is 0 Å². The van der Waals surface area contributed by atoms with Gasteiger partial charge in [0.25, 0.3) is 5.91 Å². The molecule has 1 aromatic carbocycles. The van der Waals surface area contributed by atoms with Gasteiger partial charge < -0.3 is 24.5 Å². The Morgan fingerprint density at radius 1 is 1.27 bits per heavy atom. The Bertz CT molecular complexity index is 817. The highest BCUT2D eigenvalue weighted by atomic mass is 16.5. The third-order valence-corrected chi connectivity index (χ3v) is 4.21. The lowest BCUT2D eigenvalue weighted by molar-refractivity contribution is -0.143. The van der Waals surface area contributed by atoms with E-state index in [0.717, 1.165) is 5.69 Å². The van der Waals surface area contributed by atoms with Crippen LogP contribution >= 0.6 is 0 Å². The Hall–Kier alpha value is -3.03. The molecule has 1 amide bonds. The number of hydrogen-bond acceptors (Lipinski definition) is 5. The third-order valence-electron chi connectivity index (χ3n) is 4.21. The first-order valence-corrected chi connectivity index (χ1v) is 8.52. The highest BCUT2D eigenvalue weighted by Crippen LogP contribution is 2.32. The highest BCUT2D eigenvalue weighted by Gasteiger charge is 2.38. The molecule has 0 aliphatic carbocycles. The van der Waals surface area contributed by atoms with Crippen molar-refractivity contribution >= 4 is 11.9 Å². The number of imidazole rings is 1. The lowest BCUT2D eigenvalue weighted by Crippen LogP contribution is -2.43. The van der Waals surface area contributed by atoms with Gasteiger partial charge in [-0.15, -0.1) is 0 Å². The SMILES string of the molecule is CCOc1ccc(C(=O)N2CCc3[nH]cnc3[C@H]2C(=O)O)cc1OCC. The minimum atomic E-state index is -1.11. The largest absolute Gasteiger partial charge is 0.490 e. The van der Waals surface area contributed by atoms with Gasteiger partial charge in [-0.05, 0) is 32.0 Å². The zero-order valence-electron chi connectivity index (χ0n) is 14.7. The summed E-state index contributed by atoms with van der Waals surface area (Å²) in [6.45, 7) is 4.90. The summed E-state index contributed by atoms with van der Waals surface area (Å²) in [5.74, 6) is -0.476. The van der Waals surface area contributed by atoms with Crippen molar-refractivity contribution in [2.75, 3.05) is 19.8 Å². The number of benzene rings is 1. The molecule has 1 aliphatic heterocycles. The summed E-state index contributed by atoms with van der Waals surface area (Å²) < 4.78 is 11.1. The molecule has 8 heteroatoms. The smallest absolute Gasteiger partial charge is 0.332 e. The van der Waals surface area contributed by atoms with Crippen molar-refractivity contribution in [2.24, 2.45) is 0 Å². The maximum atomic E-state index is 13.0. The number of carbonyl (C=O) groups is 2. The number of amides is 1. The van der Waals surface area contributed by atoms with E-state index in [2.05, 4.69) is 9.97 Å². The number of rotatable bonds is 6. The number of nitrogens with one attached hydrogen (secondary N) is 1. The predicted molar refractivity (Wildman–Crippen MR) is 92.5 cm³/mol. The first kappa shape index (κ1) is 17.8. The number of H-pyrrole nitrogens is 1. The molecular formula is C18H21N3O5. The van der Waals surface area contributed by atoms with Gasteiger partial charge in [0.05, 0.1) is 25.2 Å². The van der Waals surface area contributed by atoms with Crippen LogP contribution in [0.4, 0.5) is 0 Å². The Morgan fingerprint density at radius 2 is 2.00 bits per heavy atom. The molecule has 8 nitrogen and oxygen atoms in total. The Labute approximate surface area is 150 Å². The first-order chi connectivity index (χ1) is 12.6. The molecule has 0 bridgehead atoms. The standard InChI is InChI=1S/C18H21N3O5/c1-3-25-13-6-5-11(9-14(13)26-4-2)17(22)21-8-7-12-15(20-10-19-12)16(21)18(23)24/h5-6,9-10,16H,3-4,7-8H2,1-2H3,(H,19,20)(H,23,24)/t16-/m0/s1. The monoisotopic (exact) mass is 359 g/mol. The van der Waals surface area contributed by atoms with Crippen LogP contribution < -0.4 is 9.47 Å². The molecule has 26 heavy (non-hydrogen) atoms. The number of aromatic amines is 1. The molecule has 0 unspecified atom stereocenters. The second-order valence-corrected chi connectivity index (χ2v) is 5.78. The van der Waals surface area contributed by atoms with Crippen LogP contribution in [0.5, 0.6) is 11.5 Å². The molecule has 1 atom stereocenters. The van der Waals surface area contributed by atoms with Crippen LogP contribution in [0.1, 0.15) is 41.6 Å². The van der Waals surface area contributed by atoms with E-state index >= 15 is 0 Å². The number of aromatic nitrogens is 2. The molecule has 0 saturated carbocycles. The number of carbonyl (C=O) groups excluding carboxylic acids is 1. The van der Waals surface area contributed by atoms with E-state index < -0.39 is 12.0 Å². The van der Waals surface area contributed by atoms with E-state index in [9.17, 15) is 14.7 Å². The fourth-order valence-corrected chi connectivity index (χ4v) is 3.10. The van der Waals surface area contributed by atoms with E-state index in [1.807, 2.05) is 13.8 Å². The van der Waals surface area contributed by atoms with Crippen molar-refractivity contribution < 1.29 is 24.2 Å². The van der Waals surface area contributed by atoms with Crippen molar-refractivity contribution in [1.82, 2.24) is 14.9 Å². The predicted octanol–water partition coefficient (Wildman–Crippen LogP) is 2.03. The molecule has 0 fully saturated rings. The van der Waals surface area contributed by atoms with Crippen LogP contribution in [-0.4, -0.2) is 51.6 Å². The van der Waals surface area contributed by atoms with Crippen molar-refractivity contribution in [3.63, 3.8) is 0 Å². The van der Waals surface area contributed by atoms with E-state index in [-0.39, 0.29) is 5.91 Å². The minimum Gasteiger partial charge on any atom is -0.490 e. The van der Waals surface area contributed by atoms with Gasteiger partial charge in [-0.3, -0.25) is 4.79 Å². The second-order valence-electron chi connectivity index (χ2n) is 5.78. The Kier molecular flexibility index (Phi) is 5.11. The molecule has 0 spiro atoms. The van der Waals surface area contributed by atoms with E-state index in [1.165, 1.54) is 11.2 Å². The van der Waals surface area contributed by atoms with Gasteiger partial charge in [-0.2, -0.15) is 0 Å². The molecule has 0 radical (unpaired) electrons. The molecule has 2 aromatic rings. The number of aliphatic carboxylic acids is 1. The summed E-state index contributed by atoms with van der Waals surface area (Å²) in [4.78, 5) is 33.1. The van der Waals surface area contributed by atoms with Gasteiger partial charge in [0.2, 0.25) is 0 Å². The highest BCUT2D eigenvalue weighted by molar-refractivity contribution is 5.97. The molecule has 2 heterocycles. The summed E-state index contributed by atoms with van der Waals surface area (Å²) in [5, 5.41) is 9.63. The summed E-state index contributed by atoms with van der Waals surface area (Å²) in [7, 11) is 0. The van der Waals surface area contributed by atoms with E-state index in [0.29, 0.717) is 48.9 Å². The lowest BCUT2D eigenvalue weighted by Gasteiger charge is -2.32. The molecular weight excluding hydrogens is 338 g/mol. The second kappa shape index (κ2) is 7.47. The van der Waals surface area contributed by atoms with Gasteiger partial charge in [0.15, 0.2) is 17.5 Å². The number of fused-ring (bicyclic) bond motifs is 1. The maximum absolute atomic E-state index is 13.0. The van der Waals surface area contributed by atoms with Crippen molar-refractivity contribution in [2.45, 2.75) is 26.3 Å². The van der Waals surface area contributed by atoms with Gasteiger partial charge >= 0.3 is 5.97 Å². The average molecular weight is 359 g/mol. The summed E-state index contributed by atoms with van der Waals surface area (Å²) in [6.07, 6.45) is 1.98. The van der Waals surface area contributed by atoms with E-state index in [1.54, 1.807) is 18.2 Å². The lowest BCUT2D eigenvalue weighted by atomic mass is 10.0. The average Bonchev–Trinajstić information content (AvgIpc) is 3.10. The maximum Gasteiger partial charge on any atom is 0.332 e. The first-order valence-electron chi connectivity index (χ1n) is 8.52. The van der Waals surface area contributed by atoms with Crippen LogP contribution in [0.2, 0.25) is 0 Å². The van der Waals surface area contributed by atoms with Crippen LogP contribution in [-0.2, 0) is 11.2 Å². The quantitative estimate of drug-likeness (QED) is 0.818. The number of carboxylic acid groups (broad SMARTS) is 1. The normalized spacial score (nSPS) is 16.1. The van der Waals surface area contributed by atoms with Gasteiger partial charge in [0.1, 0.15) is 0 Å². The topological polar surface area (TPSA) is 105 Å². The van der Waals surface area contributed by atoms with Gasteiger partial charge in [-0.1, -0.05) is 0 Å². The van der Waals surface area contributed by atoms with Crippen molar-refractivity contribution in [3.8, 4) is 11.5 Å². The zero-order chi connectivity index (χ0) is 18.7. The molecule has 138 valence electrons. The number of ether oxygens (including phenoxy) is 2. The zero-order valence-corrected chi connectivity index (χ0v) is 14.7. The van der Waals surface area contributed by atoms with Crippen molar-refractivity contribution in [3.05, 3.63) is 41.5 Å². The summed E-state index contributed by atoms with van der Waals surface area (Å²) >= 11 is 0. The third kappa shape index (κ3) is 3.22. The molecule has 3 rings (SSSR count). The summed E-state index contributed by atoms with van der Waals surface area (Å²) in [6, 6.07) is 3.77. The fourth-order valence-electron chi connectivity index (χ4n) is 3.10. The Balaban J connectivity index is 1.93. The molecule has 1 aliphatic rings. The van der Waals surface area contributed by atoms with E-state index in [4.69, 9.17) is 9.47 Å². The Morgan fingerprint density at radius 3 is 2.69 bits per heavy atom. The molecule has 1 aromatic heterocycles. The molecule has 0 saturated heterocycles. The van der Waals surface area contributed by atoms with Crippen molar-refractivity contribution in [1.29, 1.82) is 0 Å². The fraction of sp³-hybridized carbons (Fsp3) is 0.389. The molecule has 2 N–H and O–H groups in total.